The molecule has 0 unspecified atom stereocenters. The van der Waals surface area contributed by atoms with Crippen molar-refractivity contribution in [2.24, 2.45) is 11.8 Å². The van der Waals surface area contributed by atoms with E-state index in [1.54, 1.807) is 18.3 Å². The monoisotopic (exact) mass is 378 g/mol. The van der Waals surface area contributed by atoms with Crippen LogP contribution in [0, 0.1) is 11.8 Å². The van der Waals surface area contributed by atoms with Crippen LogP contribution in [0.25, 0.3) is 11.5 Å². The van der Waals surface area contributed by atoms with Gasteiger partial charge in [-0.2, -0.15) is 9.40 Å². The second-order valence-corrected chi connectivity index (χ2v) is 8.85. The van der Waals surface area contributed by atoms with Crippen molar-refractivity contribution in [3.05, 3.63) is 24.4 Å². The minimum atomic E-state index is -3.77. The van der Waals surface area contributed by atoms with Gasteiger partial charge in [0.25, 0.3) is 10.0 Å². The highest BCUT2D eigenvalue weighted by atomic mass is 32.2. The summed E-state index contributed by atoms with van der Waals surface area (Å²) < 4.78 is 32.7. The zero-order valence-corrected chi connectivity index (χ0v) is 15.2. The van der Waals surface area contributed by atoms with Crippen molar-refractivity contribution >= 4 is 15.9 Å². The minimum Gasteiger partial charge on any atom is -0.442 e. The molecule has 3 heterocycles. The van der Waals surface area contributed by atoms with E-state index >= 15 is 0 Å². The summed E-state index contributed by atoms with van der Waals surface area (Å²) in [6.45, 7) is 1.29. The summed E-state index contributed by atoms with van der Waals surface area (Å²) in [5.74, 6) is 0.664. The summed E-state index contributed by atoms with van der Waals surface area (Å²) in [7, 11) is -3.77. The van der Waals surface area contributed by atoms with Crippen LogP contribution in [-0.2, 0) is 14.8 Å². The number of hydrogen-bond donors (Lipinski definition) is 2. The molecule has 1 atom stereocenters. The molecule has 0 aromatic carbocycles. The first kappa shape index (κ1) is 17.3. The highest BCUT2D eigenvalue weighted by Crippen LogP contribution is 2.29. The molecule has 9 heteroatoms. The van der Waals surface area contributed by atoms with Crippen LogP contribution in [0.5, 0.6) is 0 Å². The molecule has 2 fully saturated rings. The SMILES string of the molecule is O=C(NCC1CC1)[C@H]1CCCN(S(=O)(=O)c2ccc(-c3ccn[nH]3)o2)C1. The first-order valence-corrected chi connectivity index (χ1v) is 10.4. The van der Waals surface area contributed by atoms with Crippen LogP contribution in [0.3, 0.4) is 0 Å². The van der Waals surface area contributed by atoms with E-state index in [0.717, 1.165) is 0 Å². The van der Waals surface area contributed by atoms with E-state index in [-0.39, 0.29) is 23.5 Å². The Bertz CT molecular complexity index is 870. The molecule has 2 N–H and O–H groups in total. The van der Waals surface area contributed by atoms with Crippen LogP contribution in [0.15, 0.2) is 33.9 Å². The molecule has 2 aliphatic rings. The number of nitrogens with one attached hydrogen (secondary N) is 2. The third-order valence-corrected chi connectivity index (χ3v) is 6.70. The van der Waals surface area contributed by atoms with Crippen molar-refractivity contribution in [3.8, 4) is 11.5 Å². The molecule has 2 aromatic rings. The first-order valence-electron chi connectivity index (χ1n) is 8.91. The van der Waals surface area contributed by atoms with Crippen molar-refractivity contribution in [2.45, 2.75) is 30.8 Å². The standard InChI is InChI=1S/C17H22N4O4S/c22-17(18-10-12-3-4-12)13-2-1-9-21(11-13)26(23,24)16-6-5-15(25-16)14-7-8-19-20-14/h5-8,12-13H,1-4,9-11H2,(H,18,22)(H,19,20)/t13-/m0/s1. The highest BCUT2D eigenvalue weighted by Gasteiger charge is 2.35. The minimum absolute atomic E-state index is 0.0469. The summed E-state index contributed by atoms with van der Waals surface area (Å²) in [5.41, 5.74) is 0.613. The lowest BCUT2D eigenvalue weighted by Crippen LogP contribution is -2.45. The number of piperidine rings is 1. The highest BCUT2D eigenvalue weighted by molar-refractivity contribution is 7.89. The van der Waals surface area contributed by atoms with Crippen molar-refractivity contribution in [3.63, 3.8) is 0 Å². The van der Waals surface area contributed by atoms with E-state index in [4.69, 9.17) is 4.42 Å². The fraction of sp³-hybridized carbons (Fsp3) is 0.529. The number of nitrogens with zero attached hydrogens (tertiary/aromatic N) is 2. The van der Waals surface area contributed by atoms with Gasteiger partial charge in [0, 0.05) is 25.8 Å². The molecular weight excluding hydrogens is 356 g/mol. The average Bonchev–Trinajstić information content (AvgIpc) is 3.12. The number of aromatic nitrogens is 2. The second kappa shape index (κ2) is 6.88. The van der Waals surface area contributed by atoms with E-state index < -0.39 is 10.0 Å². The lowest BCUT2D eigenvalue weighted by molar-refractivity contribution is -0.126. The number of rotatable bonds is 6. The molecular formula is C17H22N4O4S. The number of sulfonamides is 1. The molecule has 8 nitrogen and oxygen atoms in total. The summed E-state index contributed by atoms with van der Waals surface area (Å²) in [6, 6.07) is 4.75. The van der Waals surface area contributed by atoms with Crippen molar-refractivity contribution in [1.29, 1.82) is 0 Å². The third kappa shape index (κ3) is 3.54. The molecule has 1 saturated carbocycles. The van der Waals surface area contributed by atoms with E-state index in [2.05, 4.69) is 15.5 Å². The quantitative estimate of drug-likeness (QED) is 0.794. The lowest BCUT2D eigenvalue weighted by atomic mass is 9.99. The van der Waals surface area contributed by atoms with Gasteiger partial charge >= 0.3 is 0 Å². The molecule has 0 spiro atoms. The van der Waals surface area contributed by atoms with Gasteiger partial charge in [0.2, 0.25) is 11.0 Å². The second-order valence-electron chi connectivity index (χ2n) is 6.98. The zero-order valence-electron chi connectivity index (χ0n) is 14.3. The van der Waals surface area contributed by atoms with E-state index in [1.807, 2.05) is 0 Å². The van der Waals surface area contributed by atoms with Gasteiger partial charge in [-0.05, 0) is 49.8 Å². The molecule has 140 valence electrons. The smallest absolute Gasteiger partial charge is 0.276 e. The number of aromatic amines is 1. The lowest BCUT2D eigenvalue weighted by Gasteiger charge is -2.30. The van der Waals surface area contributed by atoms with Crippen LogP contribution in [0.2, 0.25) is 0 Å². The number of H-pyrrole nitrogens is 1. The van der Waals surface area contributed by atoms with E-state index in [1.165, 1.54) is 23.2 Å². The molecule has 1 aliphatic heterocycles. The Morgan fingerprint density at radius 3 is 2.88 bits per heavy atom. The average molecular weight is 378 g/mol. The third-order valence-electron chi connectivity index (χ3n) is 4.96. The normalized spacial score (nSPS) is 21.6. The predicted molar refractivity (Wildman–Crippen MR) is 93.5 cm³/mol. The summed E-state index contributed by atoms with van der Waals surface area (Å²) in [6.07, 6.45) is 5.28. The van der Waals surface area contributed by atoms with Gasteiger partial charge in [0.15, 0.2) is 5.76 Å². The fourth-order valence-electron chi connectivity index (χ4n) is 3.21. The van der Waals surface area contributed by atoms with Gasteiger partial charge in [-0.3, -0.25) is 9.89 Å². The number of hydrogen-bond acceptors (Lipinski definition) is 5. The van der Waals surface area contributed by atoms with Crippen LogP contribution in [0.1, 0.15) is 25.7 Å². The van der Waals surface area contributed by atoms with E-state index in [0.29, 0.717) is 43.3 Å². The Morgan fingerprint density at radius 2 is 2.15 bits per heavy atom. The van der Waals surface area contributed by atoms with E-state index in [9.17, 15) is 13.2 Å². The molecule has 0 radical (unpaired) electrons. The topological polar surface area (TPSA) is 108 Å². The molecule has 1 aliphatic carbocycles. The molecule has 4 rings (SSSR count). The van der Waals surface area contributed by atoms with Crippen LogP contribution in [-0.4, -0.2) is 48.5 Å². The maximum atomic E-state index is 12.9. The molecule has 1 amide bonds. The van der Waals surface area contributed by atoms with Crippen molar-refractivity contribution in [1.82, 2.24) is 19.8 Å². The molecule has 1 saturated heterocycles. The van der Waals surface area contributed by atoms with Gasteiger partial charge in [0.05, 0.1) is 5.92 Å². The van der Waals surface area contributed by atoms with Crippen molar-refractivity contribution < 1.29 is 17.6 Å². The molecule has 26 heavy (non-hydrogen) atoms. The Labute approximate surface area is 152 Å². The Hall–Kier alpha value is -2.13. The number of furan rings is 1. The van der Waals surface area contributed by atoms with Gasteiger partial charge in [-0.25, -0.2) is 8.42 Å². The van der Waals surface area contributed by atoms with Gasteiger partial charge < -0.3 is 9.73 Å². The van der Waals surface area contributed by atoms with Crippen LogP contribution >= 0.6 is 0 Å². The Morgan fingerprint density at radius 1 is 1.31 bits per heavy atom. The number of amides is 1. The first-order chi connectivity index (χ1) is 12.5. The van der Waals surface area contributed by atoms with Crippen molar-refractivity contribution in [2.75, 3.05) is 19.6 Å². The van der Waals surface area contributed by atoms with Crippen LogP contribution < -0.4 is 5.32 Å². The maximum absolute atomic E-state index is 12.9. The van der Waals surface area contributed by atoms with Gasteiger partial charge in [-0.1, -0.05) is 0 Å². The maximum Gasteiger partial charge on any atom is 0.276 e. The van der Waals surface area contributed by atoms with Crippen LogP contribution in [0.4, 0.5) is 0 Å². The molecule has 0 bridgehead atoms. The zero-order chi connectivity index (χ0) is 18.1. The number of carbonyl (C=O) groups excluding carboxylic acids is 1. The summed E-state index contributed by atoms with van der Waals surface area (Å²) in [5, 5.41) is 9.42. The number of carbonyl (C=O) groups is 1. The van der Waals surface area contributed by atoms with Gasteiger partial charge in [0.1, 0.15) is 5.69 Å². The molecule has 2 aromatic heterocycles. The Kier molecular flexibility index (Phi) is 4.58. The largest absolute Gasteiger partial charge is 0.442 e. The summed E-state index contributed by atoms with van der Waals surface area (Å²) in [4.78, 5) is 12.3. The van der Waals surface area contributed by atoms with Gasteiger partial charge in [-0.15, -0.1) is 0 Å². The Balaban J connectivity index is 1.45. The predicted octanol–water partition coefficient (Wildman–Crippen LogP) is 1.60. The summed E-state index contributed by atoms with van der Waals surface area (Å²) >= 11 is 0. The fourth-order valence-corrected chi connectivity index (χ4v) is 4.65.